The van der Waals surface area contributed by atoms with Crippen LogP contribution in [0.25, 0.3) is 22.2 Å². The fourth-order valence-electron chi connectivity index (χ4n) is 5.24. The number of carbonyl (C=O) groups is 1. The van der Waals surface area contributed by atoms with Gasteiger partial charge in [0.25, 0.3) is 5.56 Å². The molecule has 4 aromatic rings. The van der Waals surface area contributed by atoms with E-state index in [0.717, 1.165) is 7.11 Å². The quantitative estimate of drug-likeness (QED) is 0.151. The zero-order chi connectivity index (χ0) is 33.4. The lowest BCUT2D eigenvalue weighted by Crippen LogP contribution is -2.40. The molecule has 11 heteroatoms. The van der Waals surface area contributed by atoms with Crippen LogP contribution in [0.15, 0.2) is 41.2 Å². The first kappa shape index (κ1) is 33.8. The number of aryl methyl sites for hydroxylation is 1. The molecule has 1 N–H and O–H groups in total. The lowest BCUT2D eigenvalue weighted by Gasteiger charge is -2.36. The van der Waals surface area contributed by atoms with Crippen molar-refractivity contribution in [1.82, 2.24) is 9.13 Å². The first-order chi connectivity index (χ1) is 21.1. The molecule has 0 unspecified atom stereocenters. The maximum atomic E-state index is 16.1. The van der Waals surface area contributed by atoms with Gasteiger partial charge >= 0.3 is 5.97 Å². The van der Waals surface area contributed by atoms with Crippen molar-refractivity contribution in [3.63, 3.8) is 0 Å². The molecule has 0 saturated heterocycles. The van der Waals surface area contributed by atoms with Crippen molar-refractivity contribution >= 4 is 25.2 Å². The molecule has 0 aliphatic carbocycles. The summed E-state index contributed by atoms with van der Waals surface area (Å²) in [4.78, 5) is 26.7. The summed E-state index contributed by atoms with van der Waals surface area (Å²) in [5.41, 5.74) is 1.69. The summed E-state index contributed by atoms with van der Waals surface area (Å²) < 4.78 is 41.5. The fourth-order valence-corrected chi connectivity index (χ4v) is 6.17. The maximum absolute atomic E-state index is 16.1. The number of aromatic nitrogens is 2. The maximum Gasteiger partial charge on any atom is 0.347 e. The van der Waals surface area contributed by atoms with Crippen LogP contribution >= 0.6 is 0 Å². The van der Waals surface area contributed by atoms with Crippen LogP contribution in [0.3, 0.4) is 0 Å². The minimum absolute atomic E-state index is 0.0144. The summed E-state index contributed by atoms with van der Waals surface area (Å²) in [5, 5.41) is 11.6. The molecule has 9 nitrogen and oxygen atoms in total. The number of benzene rings is 2. The molecular weight excluding hydrogens is 595 g/mol. The Balaban J connectivity index is 1.96. The Morgan fingerprint density at radius 3 is 2.31 bits per heavy atom. The number of aromatic hydroxyl groups is 1. The summed E-state index contributed by atoms with van der Waals surface area (Å²) in [6, 6.07) is 10.4. The highest BCUT2D eigenvalue weighted by atomic mass is 28.4. The molecule has 0 spiro atoms. The molecule has 2 aromatic carbocycles. The average molecular weight is 639 g/mol. The number of methoxy groups -OCH3 is 3. The number of nitrogens with zero attached hydrogens (tertiary/aromatic N) is 2. The third-order valence-electron chi connectivity index (χ3n) is 9.01. The van der Waals surface area contributed by atoms with E-state index in [1.165, 1.54) is 18.8 Å². The number of pyridine rings is 1. The number of ether oxygens (including phenoxy) is 3. The molecule has 0 amide bonds. The number of esters is 1. The van der Waals surface area contributed by atoms with E-state index in [0.29, 0.717) is 50.5 Å². The first-order valence-electron chi connectivity index (χ1n) is 14.8. The lowest BCUT2D eigenvalue weighted by molar-refractivity contribution is 0.0594. The topological polar surface area (TPSA) is 101 Å². The van der Waals surface area contributed by atoms with Crippen LogP contribution in [0.4, 0.5) is 4.39 Å². The highest BCUT2D eigenvalue weighted by molar-refractivity contribution is 6.74. The van der Waals surface area contributed by atoms with E-state index in [2.05, 4.69) is 33.9 Å². The Morgan fingerprint density at radius 2 is 1.73 bits per heavy atom. The molecule has 2 aromatic heterocycles. The van der Waals surface area contributed by atoms with Gasteiger partial charge in [0.15, 0.2) is 19.7 Å². The van der Waals surface area contributed by atoms with E-state index in [9.17, 15) is 14.7 Å². The van der Waals surface area contributed by atoms with Gasteiger partial charge in [-0.15, -0.1) is 0 Å². The highest BCUT2D eigenvalue weighted by Crippen LogP contribution is 2.39. The van der Waals surface area contributed by atoms with E-state index >= 15 is 4.39 Å². The smallest absolute Gasteiger partial charge is 0.347 e. The number of halogens is 1. The number of rotatable bonds is 10. The van der Waals surface area contributed by atoms with Gasteiger partial charge in [0.1, 0.15) is 17.2 Å². The minimum atomic E-state index is -2.15. The van der Waals surface area contributed by atoms with Crippen LogP contribution in [0.1, 0.15) is 54.9 Å². The van der Waals surface area contributed by atoms with Crippen LogP contribution in [0.5, 0.6) is 17.2 Å². The number of hydrogen-bond donors (Lipinski definition) is 1. The van der Waals surface area contributed by atoms with Crippen molar-refractivity contribution in [2.45, 2.75) is 65.4 Å². The second kappa shape index (κ2) is 12.7. The molecule has 4 rings (SSSR count). The highest BCUT2D eigenvalue weighted by Gasteiger charge is 2.37. The van der Waals surface area contributed by atoms with Gasteiger partial charge in [-0.2, -0.15) is 0 Å². The van der Waals surface area contributed by atoms with E-state index in [1.54, 1.807) is 54.9 Å². The molecule has 0 radical (unpaired) electrons. The molecule has 2 heterocycles. The van der Waals surface area contributed by atoms with E-state index in [1.807, 2.05) is 0 Å². The molecule has 0 bridgehead atoms. The van der Waals surface area contributed by atoms with Gasteiger partial charge in [-0.1, -0.05) is 33.8 Å². The average Bonchev–Trinajstić information content (AvgIpc) is 3.24. The van der Waals surface area contributed by atoms with Gasteiger partial charge in [0, 0.05) is 29.6 Å². The predicted octanol–water partition coefficient (Wildman–Crippen LogP) is 6.79. The predicted molar refractivity (Wildman–Crippen MR) is 176 cm³/mol. The van der Waals surface area contributed by atoms with Crippen molar-refractivity contribution < 1.29 is 32.9 Å². The van der Waals surface area contributed by atoms with Gasteiger partial charge in [-0.25, -0.2) is 9.18 Å². The SMILES string of the molecule is CCc1c(O)c(C(=O)OC)c(=O)n(Cc2ccc(OC)cc2OC)c1-c1ccc2c(c1)c(F)c(CO[Si](C)(C)C(C)(C)C)n2C. The zero-order valence-electron chi connectivity index (χ0n) is 27.8. The van der Waals surface area contributed by atoms with Gasteiger partial charge in [-0.05, 0) is 54.4 Å². The lowest BCUT2D eigenvalue weighted by atomic mass is 9.98. The van der Waals surface area contributed by atoms with Crippen molar-refractivity contribution in [2.24, 2.45) is 7.05 Å². The molecule has 45 heavy (non-hydrogen) atoms. The van der Waals surface area contributed by atoms with E-state index < -0.39 is 37.0 Å². The Bertz CT molecular complexity index is 1820. The Morgan fingerprint density at radius 1 is 1.04 bits per heavy atom. The van der Waals surface area contributed by atoms with Gasteiger partial charge in [-0.3, -0.25) is 4.79 Å². The molecule has 0 atom stereocenters. The molecule has 242 valence electrons. The summed E-state index contributed by atoms with van der Waals surface area (Å²) >= 11 is 0. The van der Waals surface area contributed by atoms with Crippen molar-refractivity contribution in [3.8, 4) is 28.5 Å². The van der Waals surface area contributed by atoms with E-state index in [4.69, 9.17) is 18.6 Å². The number of hydrogen-bond acceptors (Lipinski definition) is 7. The Labute approximate surface area is 264 Å². The van der Waals surface area contributed by atoms with Crippen LogP contribution in [-0.4, -0.2) is 49.9 Å². The third-order valence-corrected chi connectivity index (χ3v) is 13.5. The molecular formula is C34H43FN2O7Si. The minimum Gasteiger partial charge on any atom is -0.506 e. The standard InChI is InChI=1S/C34H43FN2O7Si/c1-11-23-30(20-13-15-25-24(16-20)29(35)26(36(25)5)19-44-45(9,10)34(2,3)4)37(32(39)28(31(23)38)33(40)43-8)18-21-12-14-22(41-6)17-27(21)42-7/h12-17,38H,11,18-19H2,1-10H3. The molecule has 0 aliphatic heterocycles. The summed E-state index contributed by atoms with van der Waals surface area (Å²) in [5.74, 6) is -0.790. The Kier molecular flexibility index (Phi) is 9.55. The second-order valence-electron chi connectivity index (χ2n) is 12.6. The van der Waals surface area contributed by atoms with E-state index in [-0.39, 0.29) is 24.6 Å². The normalized spacial score (nSPS) is 12.1. The van der Waals surface area contributed by atoms with Crippen LogP contribution < -0.4 is 15.0 Å². The molecule has 0 aliphatic rings. The fraction of sp³-hybridized carbons (Fsp3) is 0.412. The first-order valence-corrected chi connectivity index (χ1v) is 17.7. The second-order valence-corrected chi connectivity index (χ2v) is 17.4. The third kappa shape index (κ3) is 6.11. The Hall–Kier alpha value is -4.09. The number of fused-ring (bicyclic) bond motifs is 1. The van der Waals surface area contributed by atoms with Gasteiger partial charge < -0.3 is 32.9 Å². The number of carbonyl (C=O) groups excluding carboxylic acids is 1. The zero-order valence-corrected chi connectivity index (χ0v) is 28.8. The van der Waals surface area contributed by atoms with Crippen LogP contribution in [0, 0.1) is 5.82 Å². The van der Waals surface area contributed by atoms with Crippen molar-refractivity contribution in [2.75, 3.05) is 21.3 Å². The molecule has 0 saturated carbocycles. The monoisotopic (exact) mass is 638 g/mol. The van der Waals surface area contributed by atoms with Gasteiger partial charge in [0.05, 0.1) is 51.4 Å². The molecule has 0 fully saturated rings. The summed E-state index contributed by atoms with van der Waals surface area (Å²) in [7, 11) is 3.85. The summed E-state index contributed by atoms with van der Waals surface area (Å²) in [6.07, 6.45) is 0.270. The van der Waals surface area contributed by atoms with Crippen LogP contribution in [-0.2, 0) is 35.8 Å². The summed E-state index contributed by atoms with van der Waals surface area (Å²) in [6.45, 7) is 12.6. The van der Waals surface area contributed by atoms with Crippen molar-refractivity contribution in [1.29, 1.82) is 0 Å². The van der Waals surface area contributed by atoms with Crippen molar-refractivity contribution in [3.05, 3.63) is 75.0 Å². The van der Waals surface area contributed by atoms with Gasteiger partial charge in [0.2, 0.25) is 0 Å². The van der Waals surface area contributed by atoms with Crippen LogP contribution in [0.2, 0.25) is 18.1 Å². The largest absolute Gasteiger partial charge is 0.506 e.